The van der Waals surface area contributed by atoms with E-state index in [-0.39, 0.29) is 18.8 Å². The zero-order valence-corrected chi connectivity index (χ0v) is 18.2. The monoisotopic (exact) mass is 431 g/mol. The Morgan fingerprint density at radius 3 is 2.84 bits per heavy atom. The molecule has 5 rings (SSSR count). The molecule has 0 radical (unpaired) electrons. The smallest absolute Gasteiger partial charge is 0.231 e. The number of nitrogens with one attached hydrogen (secondary N) is 1. The first-order chi connectivity index (χ1) is 15.5. The van der Waals surface area contributed by atoms with Gasteiger partial charge in [0.2, 0.25) is 12.7 Å². The molecule has 32 heavy (non-hydrogen) atoms. The molecule has 1 N–H and O–H groups in total. The highest BCUT2D eigenvalue weighted by molar-refractivity contribution is 5.76. The van der Waals surface area contributed by atoms with Crippen molar-refractivity contribution in [1.82, 2.24) is 15.3 Å². The van der Waals surface area contributed by atoms with E-state index in [1.54, 1.807) is 6.20 Å². The van der Waals surface area contributed by atoms with Gasteiger partial charge in [-0.1, -0.05) is 6.07 Å². The largest absolute Gasteiger partial charge is 0.488 e. The average molecular weight is 431 g/mol. The highest BCUT2D eigenvalue weighted by Crippen LogP contribution is 2.34. The molecule has 0 spiro atoms. The van der Waals surface area contributed by atoms with E-state index < -0.39 is 0 Å². The fourth-order valence-corrected chi connectivity index (χ4v) is 4.06. The molecule has 2 aliphatic heterocycles. The van der Waals surface area contributed by atoms with Crippen molar-refractivity contribution in [2.45, 2.75) is 39.2 Å². The molecule has 1 atom stereocenters. The van der Waals surface area contributed by atoms with Gasteiger partial charge in [-0.25, -0.2) is 4.98 Å². The Hall–Kier alpha value is -3.61. The van der Waals surface area contributed by atoms with E-state index in [1.807, 2.05) is 44.2 Å². The first-order valence-corrected chi connectivity index (χ1v) is 10.8. The predicted molar refractivity (Wildman–Crippen MR) is 119 cm³/mol. The van der Waals surface area contributed by atoms with Crippen LogP contribution < -0.4 is 19.5 Å². The van der Waals surface area contributed by atoms with Crippen molar-refractivity contribution in [1.29, 1.82) is 0 Å². The third-order valence-corrected chi connectivity index (χ3v) is 5.76. The van der Waals surface area contributed by atoms with Crippen LogP contribution in [0.5, 0.6) is 17.2 Å². The highest BCUT2D eigenvalue weighted by Gasteiger charge is 2.24. The summed E-state index contributed by atoms with van der Waals surface area (Å²) >= 11 is 0. The number of amides is 1. The summed E-state index contributed by atoms with van der Waals surface area (Å²) in [5.74, 6) is 2.37. The van der Waals surface area contributed by atoms with Crippen molar-refractivity contribution < 1.29 is 19.0 Å². The van der Waals surface area contributed by atoms with E-state index in [2.05, 4.69) is 21.4 Å². The SMILES string of the molecule is Cc1cnc(C)c(-c2ccc3c(c2)C[C@@H](CNC(=O)CCc2ccc4c(c2)OCO4)O3)n1. The van der Waals surface area contributed by atoms with Gasteiger partial charge < -0.3 is 19.5 Å². The van der Waals surface area contributed by atoms with Crippen LogP contribution >= 0.6 is 0 Å². The van der Waals surface area contributed by atoms with Crippen molar-refractivity contribution in [3.8, 4) is 28.5 Å². The number of fused-ring (bicyclic) bond motifs is 2. The van der Waals surface area contributed by atoms with Gasteiger partial charge in [0.1, 0.15) is 11.9 Å². The Bertz CT molecular complexity index is 1180. The Morgan fingerprint density at radius 1 is 1.09 bits per heavy atom. The number of aryl methyl sites for hydroxylation is 3. The Labute approximate surface area is 186 Å². The van der Waals surface area contributed by atoms with Crippen LogP contribution in [-0.2, 0) is 17.6 Å². The minimum absolute atomic E-state index is 0.00794. The molecule has 0 bridgehead atoms. The van der Waals surface area contributed by atoms with Gasteiger partial charge >= 0.3 is 0 Å². The molecule has 0 unspecified atom stereocenters. The summed E-state index contributed by atoms with van der Waals surface area (Å²) in [5.41, 5.74) is 5.91. The fraction of sp³-hybridized carbons (Fsp3) is 0.320. The lowest BCUT2D eigenvalue weighted by Crippen LogP contribution is -2.34. The van der Waals surface area contributed by atoms with Crippen LogP contribution in [0.15, 0.2) is 42.6 Å². The lowest BCUT2D eigenvalue weighted by molar-refractivity contribution is -0.121. The van der Waals surface area contributed by atoms with Crippen molar-refractivity contribution in [2.24, 2.45) is 0 Å². The molecule has 1 amide bonds. The number of hydrogen-bond acceptors (Lipinski definition) is 6. The number of benzene rings is 2. The van der Waals surface area contributed by atoms with Gasteiger partial charge in [-0.2, -0.15) is 0 Å². The molecule has 0 aliphatic carbocycles. The van der Waals surface area contributed by atoms with Gasteiger partial charge in [0.15, 0.2) is 11.5 Å². The lowest BCUT2D eigenvalue weighted by atomic mass is 10.0. The first-order valence-electron chi connectivity index (χ1n) is 10.8. The van der Waals surface area contributed by atoms with Crippen LogP contribution in [0.25, 0.3) is 11.3 Å². The number of carbonyl (C=O) groups excluding carboxylic acids is 1. The minimum atomic E-state index is -0.0700. The van der Waals surface area contributed by atoms with Gasteiger partial charge in [-0.05, 0) is 61.7 Å². The number of carbonyl (C=O) groups is 1. The quantitative estimate of drug-likeness (QED) is 0.643. The molecule has 0 saturated heterocycles. The maximum atomic E-state index is 12.4. The summed E-state index contributed by atoms with van der Waals surface area (Å²) in [5, 5.41) is 3.00. The molecule has 3 aromatic rings. The van der Waals surface area contributed by atoms with Crippen LogP contribution in [0.4, 0.5) is 0 Å². The second-order valence-corrected chi connectivity index (χ2v) is 8.20. The first kappa shape index (κ1) is 20.3. The summed E-state index contributed by atoms with van der Waals surface area (Å²) in [6.07, 6.45) is 3.52. The number of nitrogens with zero attached hydrogens (tertiary/aromatic N) is 2. The molecular weight excluding hydrogens is 406 g/mol. The van der Waals surface area contributed by atoms with Gasteiger partial charge in [0, 0.05) is 24.6 Å². The number of hydrogen-bond donors (Lipinski definition) is 1. The van der Waals surface area contributed by atoms with E-state index in [0.717, 1.165) is 57.4 Å². The fourth-order valence-electron chi connectivity index (χ4n) is 4.06. The molecule has 7 nitrogen and oxygen atoms in total. The lowest BCUT2D eigenvalue weighted by Gasteiger charge is -2.12. The second-order valence-electron chi connectivity index (χ2n) is 8.20. The normalized spacial score (nSPS) is 15.9. The number of rotatable bonds is 6. The summed E-state index contributed by atoms with van der Waals surface area (Å²) in [4.78, 5) is 21.4. The van der Waals surface area contributed by atoms with Gasteiger partial charge in [-0.15, -0.1) is 0 Å². The highest BCUT2D eigenvalue weighted by atomic mass is 16.7. The molecule has 3 heterocycles. The maximum Gasteiger partial charge on any atom is 0.231 e. The minimum Gasteiger partial charge on any atom is -0.488 e. The standard InChI is InChI=1S/C25H25N3O4/c1-15-12-26-16(2)25(28-15)18-5-7-21-19(10-18)11-20(32-21)13-27-24(29)8-4-17-3-6-22-23(9-17)31-14-30-22/h3,5-7,9-10,12,20H,4,8,11,13-14H2,1-2H3,(H,27,29)/t20-/m0/s1. The van der Waals surface area contributed by atoms with E-state index in [0.29, 0.717) is 19.4 Å². The van der Waals surface area contributed by atoms with Gasteiger partial charge in [0.05, 0.1) is 23.6 Å². The third kappa shape index (κ3) is 4.23. The van der Waals surface area contributed by atoms with Gasteiger partial charge in [-0.3, -0.25) is 9.78 Å². The molecule has 164 valence electrons. The summed E-state index contributed by atoms with van der Waals surface area (Å²) in [6.45, 7) is 4.64. The molecule has 0 saturated carbocycles. The van der Waals surface area contributed by atoms with E-state index >= 15 is 0 Å². The summed E-state index contributed by atoms with van der Waals surface area (Å²) in [7, 11) is 0. The third-order valence-electron chi connectivity index (χ3n) is 5.76. The molecule has 2 aliphatic rings. The van der Waals surface area contributed by atoms with Crippen molar-refractivity contribution in [2.75, 3.05) is 13.3 Å². The van der Waals surface area contributed by atoms with Crippen molar-refractivity contribution >= 4 is 5.91 Å². The van der Waals surface area contributed by atoms with Crippen LogP contribution in [0.2, 0.25) is 0 Å². The number of ether oxygens (including phenoxy) is 3. The Balaban J connectivity index is 1.14. The summed E-state index contributed by atoms with van der Waals surface area (Å²) < 4.78 is 16.8. The van der Waals surface area contributed by atoms with Crippen molar-refractivity contribution in [3.63, 3.8) is 0 Å². The number of aromatic nitrogens is 2. The van der Waals surface area contributed by atoms with E-state index in [4.69, 9.17) is 14.2 Å². The molecule has 7 heteroatoms. The van der Waals surface area contributed by atoms with Crippen LogP contribution in [0.1, 0.15) is 28.9 Å². The molecule has 1 aromatic heterocycles. The van der Waals surface area contributed by atoms with Crippen LogP contribution in [0, 0.1) is 13.8 Å². The van der Waals surface area contributed by atoms with Crippen molar-refractivity contribution in [3.05, 3.63) is 65.1 Å². The maximum absolute atomic E-state index is 12.4. The second kappa shape index (κ2) is 8.49. The average Bonchev–Trinajstić information content (AvgIpc) is 3.43. The topological polar surface area (TPSA) is 82.6 Å². The van der Waals surface area contributed by atoms with Crippen LogP contribution in [-0.4, -0.2) is 35.3 Å². The molecule has 2 aromatic carbocycles. The summed E-state index contributed by atoms with van der Waals surface area (Å²) in [6, 6.07) is 11.9. The predicted octanol–water partition coefficient (Wildman–Crippen LogP) is 3.54. The van der Waals surface area contributed by atoms with Gasteiger partial charge in [0.25, 0.3) is 0 Å². The Kier molecular flexibility index (Phi) is 5.39. The van der Waals surface area contributed by atoms with E-state index in [1.165, 1.54) is 0 Å². The molecular formula is C25H25N3O4. The zero-order chi connectivity index (χ0) is 22.1. The van der Waals surface area contributed by atoms with Crippen LogP contribution in [0.3, 0.4) is 0 Å². The Morgan fingerprint density at radius 2 is 1.94 bits per heavy atom. The zero-order valence-electron chi connectivity index (χ0n) is 18.2. The molecule has 0 fully saturated rings. The van der Waals surface area contributed by atoms with E-state index in [9.17, 15) is 4.79 Å².